The Kier molecular flexibility index (Phi) is 8.68. The molecule has 0 spiro atoms. The molecule has 2 aliphatic carbocycles. The third kappa shape index (κ3) is 5.91. The number of aromatic nitrogens is 4. The van der Waals surface area contributed by atoms with Crippen LogP contribution in [0.2, 0.25) is 0 Å². The van der Waals surface area contributed by atoms with Gasteiger partial charge in [-0.2, -0.15) is 9.97 Å². The van der Waals surface area contributed by atoms with Crippen LogP contribution in [0.4, 0.5) is 24.8 Å². The van der Waals surface area contributed by atoms with Gasteiger partial charge in [0.1, 0.15) is 46.9 Å². The van der Waals surface area contributed by atoms with Crippen LogP contribution in [0.3, 0.4) is 0 Å². The first kappa shape index (κ1) is 33.4. The first-order chi connectivity index (χ1) is 24.0. The zero-order chi connectivity index (χ0) is 35.3. The van der Waals surface area contributed by atoms with Gasteiger partial charge in [-0.15, -0.1) is 6.42 Å². The first-order valence-corrected chi connectivity index (χ1v) is 16.7. The molecule has 5 atom stereocenters. The number of alkyl halides is 1. The van der Waals surface area contributed by atoms with Gasteiger partial charge in [0.25, 0.3) is 0 Å². The van der Waals surface area contributed by atoms with Crippen molar-refractivity contribution in [3.63, 3.8) is 0 Å². The number of nitrogens with two attached hydrogens (primary N) is 1. The summed E-state index contributed by atoms with van der Waals surface area (Å²) in [4.78, 5) is 20.2. The highest BCUT2D eigenvalue weighted by molar-refractivity contribution is 5.94. The van der Waals surface area contributed by atoms with E-state index in [0.717, 1.165) is 19.4 Å². The minimum Gasteiger partial charge on any atom is -0.508 e. The van der Waals surface area contributed by atoms with Crippen molar-refractivity contribution in [1.29, 1.82) is 0 Å². The Morgan fingerprint density at radius 3 is 2.80 bits per heavy atom. The molecular formula is C37H38F3N7O3. The molecular weight excluding hydrogens is 647 g/mol. The number of hydrogen-bond acceptors (Lipinski definition) is 10. The van der Waals surface area contributed by atoms with Gasteiger partial charge in [-0.1, -0.05) is 18.1 Å². The molecule has 260 valence electrons. The number of aliphatic hydroxyl groups excluding tert-OH is 1. The van der Waals surface area contributed by atoms with Crippen LogP contribution in [0.1, 0.15) is 63.3 Å². The number of nitrogen functional groups attached to an aromatic ring is 1. The molecule has 7 rings (SSSR count). The van der Waals surface area contributed by atoms with E-state index in [1.165, 1.54) is 24.3 Å². The number of nitrogens with one attached hydrogen (secondary N) is 1. The average molecular weight is 686 g/mol. The van der Waals surface area contributed by atoms with Gasteiger partial charge in [-0.25, -0.2) is 23.1 Å². The summed E-state index contributed by atoms with van der Waals surface area (Å²) < 4.78 is 59.2. The fourth-order valence-corrected chi connectivity index (χ4v) is 7.66. The van der Waals surface area contributed by atoms with E-state index in [-0.39, 0.29) is 52.2 Å². The van der Waals surface area contributed by atoms with E-state index in [0.29, 0.717) is 29.9 Å². The zero-order valence-corrected chi connectivity index (χ0v) is 28.0. The number of hydrogen-bond donors (Lipinski definition) is 3. The van der Waals surface area contributed by atoms with E-state index >= 15 is 8.78 Å². The van der Waals surface area contributed by atoms with Crippen molar-refractivity contribution in [1.82, 2.24) is 24.8 Å². The molecule has 2 fully saturated rings. The van der Waals surface area contributed by atoms with Crippen LogP contribution >= 0.6 is 0 Å². The second-order valence-corrected chi connectivity index (χ2v) is 13.5. The van der Waals surface area contributed by atoms with E-state index in [1.54, 1.807) is 26.1 Å². The summed E-state index contributed by atoms with van der Waals surface area (Å²) in [5, 5.41) is 14.2. The molecule has 2 aliphatic heterocycles. The van der Waals surface area contributed by atoms with E-state index in [4.69, 9.17) is 26.6 Å². The van der Waals surface area contributed by atoms with Crippen LogP contribution in [-0.2, 0) is 0 Å². The van der Waals surface area contributed by atoms with Gasteiger partial charge in [-0.3, -0.25) is 4.90 Å². The second-order valence-electron chi connectivity index (χ2n) is 13.5. The molecule has 10 nitrogen and oxygen atoms in total. The van der Waals surface area contributed by atoms with Crippen LogP contribution in [0.25, 0.3) is 10.9 Å². The van der Waals surface area contributed by atoms with Crippen LogP contribution in [0, 0.1) is 24.1 Å². The maximum atomic E-state index is 17.2. The van der Waals surface area contributed by atoms with Gasteiger partial charge in [0.15, 0.2) is 5.82 Å². The number of terminal acetylenes is 1. The largest absolute Gasteiger partial charge is 0.508 e. The van der Waals surface area contributed by atoms with Crippen LogP contribution < -0.4 is 20.5 Å². The Labute approximate surface area is 288 Å². The van der Waals surface area contributed by atoms with Gasteiger partial charge in [0.05, 0.1) is 23.4 Å². The summed E-state index contributed by atoms with van der Waals surface area (Å²) in [5.41, 5.74) is 6.50. The summed E-state index contributed by atoms with van der Waals surface area (Å²) in [6.45, 7) is 6.64. The average Bonchev–Trinajstić information content (AvgIpc) is 3.60. The van der Waals surface area contributed by atoms with E-state index in [2.05, 4.69) is 31.1 Å². The fourth-order valence-electron chi connectivity index (χ4n) is 7.66. The van der Waals surface area contributed by atoms with Crippen LogP contribution in [0.5, 0.6) is 11.9 Å². The quantitative estimate of drug-likeness (QED) is 0.213. The lowest BCUT2D eigenvalue weighted by Crippen LogP contribution is -2.43. The number of fused-ring (bicyclic) bond motifs is 3. The third-order valence-corrected chi connectivity index (χ3v) is 9.87. The van der Waals surface area contributed by atoms with Crippen LogP contribution in [-0.4, -0.2) is 67.5 Å². The number of ether oxygens (including phenoxy) is 2. The molecule has 0 bridgehead atoms. The van der Waals surface area contributed by atoms with Crippen molar-refractivity contribution in [3.8, 4) is 24.2 Å². The van der Waals surface area contributed by atoms with Crippen molar-refractivity contribution in [3.05, 3.63) is 82.4 Å². The molecule has 3 aromatic heterocycles. The standard InChI is InChI=1S/C37H38F3N7O3/c1-5-24-27(39)10-9-21-14-23(48)15-26(28(21)24)31-30(40)32-29(35(44-31)50-19(2)3)34(43-20(4)25-8-6-12-42-33(25)41)46-36(45-32)49-18-37-11-7-13-47(37)17-22(38)16-37/h1,6,8-10,12,14-15,19-20,22,26,28,48H,7,11,13,16-18H2,2-4H3,(H2,41,42)(H,43,45,46)/t20-,22+,26?,28?,37-/m0/s1. The van der Waals surface area contributed by atoms with Crippen molar-refractivity contribution in [2.45, 2.75) is 69.8 Å². The Hall–Kier alpha value is -5.09. The summed E-state index contributed by atoms with van der Waals surface area (Å²) in [6, 6.07) is 2.95. The SMILES string of the molecule is C#CC1=C(F)C=CC2=CC(O)=CC(c3nc(OC(C)C)c4c(N[C@@H](C)c5cccnc5N)nc(OC[C@@]56CCCN5C[C@H](F)C6)nc4c3F)C21. The maximum absolute atomic E-state index is 17.2. The van der Waals surface area contributed by atoms with Gasteiger partial charge < -0.3 is 25.6 Å². The number of pyridine rings is 2. The molecule has 13 heteroatoms. The van der Waals surface area contributed by atoms with Crippen molar-refractivity contribution < 1.29 is 27.8 Å². The number of halogens is 3. The molecule has 0 amide bonds. The predicted molar refractivity (Wildman–Crippen MR) is 183 cm³/mol. The highest BCUT2D eigenvalue weighted by Gasteiger charge is 2.49. The summed E-state index contributed by atoms with van der Waals surface area (Å²) >= 11 is 0. The Morgan fingerprint density at radius 2 is 2.04 bits per heavy atom. The van der Waals surface area contributed by atoms with E-state index in [9.17, 15) is 9.50 Å². The number of allylic oxidation sites excluding steroid dienone is 7. The Balaban J connectivity index is 1.40. The second kappa shape index (κ2) is 13.0. The monoisotopic (exact) mass is 685 g/mol. The number of aliphatic hydroxyl groups is 1. The lowest BCUT2D eigenvalue weighted by atomic mass is 9.73. The molecule has 0 aromatic carbocycles. The minimum absolute atomic E-state index is 0.000166. The van der Waals surface area contributed by atoms with Crippen molar-refractivity contribution >= 4 is 22.5 Å². The lowest BCUT2D eigenvalue weighted by molar-refractivity contribution is 0.107. The van der Waals surface area contributed by atoms with Gasteiger partial charge >= 0.3 is 6.01 Å². The summed E-state index contributed by atoms with van der Waals surface area (Å²) in [7, 11) is 0. The van der Waals surface area contributed by atoms with Crippen LogP contribution in [0.15, 0.2) is 65.4 Å². The smallest absolute Gasteiger partial charge is 0.319 e. The van der Waals surface area contributed by atoms with Gasteiger partial charge in [0.2, 0.25) is 5.88 Å². The van der Waals surface area contributed by atoms with E-state index < -0.39 is 47.3 Å². The Morgan fingerprint density at radius 1 is 1.22 bits per heavy atom. The Bertz CT molecular complexity index is 2020. The predicted octanol–water partition coefficient (Wildman–Crippen LogP) is 6.56. The van der Waals surface area contributed by atoms with E-state index in [1.807, 2.05) is 13.0 Å². The molecule has 4 aliphatic rings. The maximum Gasteiger partial charge on any atom is 0.319 e. The topological polar surface area (TPSA) is 132 Å². The molecule has 2 unspecified atom stereocenters. The van der Waals surface area contributed by atoms with Crippen molar-refractivity contribution in [2.24, 2.45) is 5.92 Å². The lowest BCUT2D eigenvalue weighted by Gasteiger charge is -2.32. The fraction of sp³-hybridized carbons (Fsp3) is 0.405. The molecule has 5 heterocycles. The van der Waals surface area contributed by atoms with Gasteiger partial charge in [-0.05, 0) is 70.0 Å². The number of anilines is 2. The molecule has 4 N–H and O–H groups in total. The normalized spacial score (nSPS) is 25.2. The number of rotatable bonds is 9. The summed E-state index contributed by atoms with van der Waals surface area (Å²) in [6.07, 6.45) is 13.5. The minimum atomic E-state index is -1.02. The third-order valence-electron chi connectivity index (χ3n) is 9.87. The summed E-state index contributed by atoms with van der Waals surface area (Å²) in [5.74, 6) is -0.639. The zero-order valence-electron chi connectivity index (χ0n) is 28.0. The molecule has 0 radical (unpaired) electrons. The molecule has 2 saturated heterocycles. The highest BCUT2D eigenvalue weighted by Crippen LogP contribution is 2.47. The van der Waals surface area contributed by atoms with Crippen molar-refractivity contribution in [2.75, 3.05) is 30.7 Å². The highest BCUT2D eigenvalue weighted by atomic mass is 19.1. The molecule has 3 aromatic rings. The first-order valence-electron chi connectivity index (χ1n) is 16.7. The number of nitrogens with zero attached hydrogens (tertiary/aromatic N) is 5. The molecule has 0 saturated carbocycles. The molecule has 50 heavy (non-hydrogen) atoms. The van der Waals surface area contributed by atoms with Gasteiger partial charge in [0, 0.05) is 42.1 Å².